The van der Waals surface area contributed by atoms with Crippen molar-refractivity contribution in [1.82, 2.24) is 10.2 Å². The van der Waals surface area contributed by atoms with Gasteiger partial charge in [-0.25, -0.2) is 0 Å². The number of nitrogens with zero attached hydrogens (tertiary/aromatic N) is 1. The monoisotopic (exact) mass is 280 g/mol. The lowest BCUT2D eigenvalue weighted by Crippen LogP contribution is -2.42. The molecule has 1 aromatic rings. The van der Waals surface area contributed by atoms with Gasteiger partial charge in [0.25, 0.3) is 0 Å². The molecule has 1 N–H and O–H groups in total. The van der Waals surface area contributed by atoms with Gasteiger partial charge in [-0.05, 0) is 18.9 Å². The first-order valence-electron chi connectivity index (χ1n) is 6.96. The van der Waals surface area contributed by atoms with E-state index in [1.807, 2.05) is 17.8 Å². The first kappa shape index (κ1) is 13.1. The summed E-state index contributed by atoms with van der Waals surface area (Å²) in [7, 11) is 0. The van der Waals surface area contributed by atoms with E-state index in [9.17, 15) is 4.79 Å². The van der Waals surface area contributed by atoms with Crippen molar-refractivity contribution in [3.8, 4) is 0 Å². The molecule has 0 spiro atoms. The van der Waals surface area contributed by atoms with Crippen LogP contribution in [0.15, 0.2) is 23.0 Å². The van der Waals surface area contributed by atoms with Crippen LogP contribution in [0.1, 0.15) is 24.4 Å². The zero-order valence-corrected chi connectivity index (χ0v) is 11.8. The second-order valence-electron chi connectivity index (χ2n) is 5.24. The number of nitrogens with one attached hydrogen (secondary N) is 1. The maximum absolute atomic E-state index is 11.8. The summed E-state index contributed by atoms with van der Waals surface area (Å²) in [4.78, 5) is 14.3. The molecule has 2 aliphatic rings. The van der Waals surface area contributed by atoms with Gasteiger partial charge >= 0.3 is 0 Å². The lowest BCUT2D eigenvalue weighted by molar-refractivity contribution is -0.122. The fraction of sp³-hybridized carbons (Fsp3) is 0.643. The van der Waals surface area contributed by atoms with Crippen LogP contribution in [0, 0.1) is 5.92 Å². The zero-order valence-electron chi connectivity index (χ0n) is 11.0. The standard InChI is InChI=1S/C14H20N2O2S/c17-14(11-1-2-11)15-9-13(12-3-6-18-10-12)16-4-7-19-8-5-16/h3,6,10-11,13H,1-2,4-5,7-9H2,(H,15,17)/t13-/m1/s1. The van der Waals surface area contributed by atoms with Crippen molar-refractivity contribution in [2.45, 2.75) is 18.9 Å². The third-order valence-corrected chi connectivity index (χ3v) is 4.77. The third-order valence-electron chi connectivity index (χ3n) is 3.83. The predicted octanol–water partition coefficient (Wildman–Crippen LogP) is 1.90. The van der Waals surface area contributed by atoms with Gasteiger partial charge in [-0.1, -0.05) is 0 Å². The van der Waals surface area contributed by atoms with Gasteiger partial charge in [-0.15, -0.1) is 0 Å². The Labute approximate surface area is 117 Å². The van der Waals surface area contributed by atoms with E-state index >= 15 is 0 Å². The number of rotatable bonds is 5. The third kappa shape index (κ3) is 3.34. The zero-order chi connectivity index (χ0) is 13.1. The maximum Gasteiger partial charge on any atom is 0.223 e. The second kappa shape index (κ2) is 6.01. The predicted molar refractivity (Wildman–Crippen MR) is 76.1 cm³/mol. The average Bonchev–Trinajstić information content (AvgIpc) is 3.17. The van der Waals surface area contributed by atoms with Gasteiger partial charge in [0, 0.05) is 42.6 Å². The Bertz CT molecular complexity index is 411. The molecule has 5 heteroatoms. The van der Waals surface area contributed by atoms with E-state index in [4.69, 9.17) is 4.42 Å². The van der Waals surface area contributed by atoms with Gasteiger partial charge in [0.05, 0.1) is 18.6 Å². The van der Waals surface area contributed by atoms with E-state index in [0.717, 1.165) is 25.9 Å². The van der Waals surface area contributed by atoms with E-state index in [1.54, 1.807) is 12.5 Å². The van der Waals surface area contributed by atoms with Crippen molar-refractivity contribution in [3.05, 3.63) is 24.2 Å². The molecule has 1 aliphatic carbocycles. The maximum atomic E-state index is 11.8. The molecule has 1 saturated carbocycles. The summed E-state index contributed by atoms with van der Waals surface area (Å²) in [5, 5.41) is 3.10. The van der Waals surface area contributed by atoms with Gasteiger partial charge in [0.1, 0.15) is 0 Å². The Kier molecular flexibility index (Phi) is 4.13. The van der Waals surface area contributed by atoms with Gasteiger partial charge in [0.15, 0.2) is 0 Å². The fourth-order valence-corrected chi connectivity index (χ4v) is 3.43. The molecule has 0 bridgehead atoms. The smallest absolute Gasteiger partial charge is 0.223 e. The summed E-state index contributed by atoms with van der Waals surface area (Å²) in [5.74, 6) is 2.84. The molecule has 1 atom stereocenters. The first-order chi connectivity index (χ1) is 9.34. The average molecular weight is 280 g/mol. The van der Waals surface area contributed by atoms with Crippen LogP contribution < -0.4 is 5.32 Å². The van der Waals surface area contributed by atoms with Crippen LogP contribution in [-0.2, 0) is 4.79 Å². The highest BCUT2D eigenvalue weighted by Gasteiger charge is 2.31. The summed E-state index contributed by atoms with van der Waals surface area (Å²) in [6, 6.07) is 2.26. The normalized spacial score (nSPS) is 22.1. The van der Waals surface area contributed by atoms with Crippen molar-refractivity contribution in [2.24, 2.45) is 5.92 Å². The summed E-state index contributed by atoms with van der Waals surface area (Å²) < 4.78 is 5.21. The Morgan fingerprint density at radius 2 is 2.26 bits per heavy atom. The van der Waals surface area contributed by atoms with Crippen molar-refractivity contribution in [3.63, 3.8) is 0 Å². The summed E-state index contributed by atoms with van der Waals surface area (Å²) >= 11 is 2.00. The molecule has 4 nitrogen and oxygen atoms in total. The van der Waals surface area contributed by atoms with Crippen LogP contribution in [0.25, 0.3) is 0 Å². The van der Waals surface area contributed by atoms with Crippen molar-refractivity contribution in [2.75, 3.05) is 31.1 Å². The number of amides is 1. The molecule has 2 heterocycles. The number of carbonyl (C=O) groups is 1. The van der Waals surface area contributed by atoms with Gasteiger partial charge in [-0.3, -0.25) is 9.69 Å². The van der Waals surface area contributed by atoms with E-state index in [0.29, 0.717) is 6.54 Å². The topological polar surface area (TPSA) is 45.5 Å². The molecule has 1 amide bonds. The molecule has 19 heavy (non-hydrogen) atoms. The molecule has 1 aromatic heterocycles. The van der Waals surface area contributed by atoms with Crippen LogP contribution in [0.4, 0.5) is 0 Å². The van der Waals surface area contributed by atoms with Gasteiger partial charge in [0.2, 0.25) is 5.91 Å². The Morgan fingerprint density at radius 3 is 2.89 bits per heavy atom. The lowest BCUT2D eigenvalue weighted by atomic mass is 10.1. The first-order valence-corrected chi connectivity index (χ1v) is 8.11. The molecular formula is C14H20N2O2S. The van der Waals surface area contributed by atoms with Crippen LogP contribution in [0.2, 0.25) is 0 Å². The van der Waals surface area contributed by atoms with Crippen molar-refractivity contribution >= 4 is 17.7 Å². The fourth-order valence-electron chi connectivity index (χ4n) is 2.50. The highest BCUT2D eigenvalue weighted by Crippen LogP contribution is 2.29. The van der Waals surface area contributed by atoms with E-state index in [-0.39, 0.29) is 17.9 Å². The minimum Gasteiger partial charge on any atom is -0.472 e. The van der Waals surface area contributed by atoms with E-state index in [2.05, 4.69) is 10.2 Å². The van der Waals surface area contributed by atoms with Crippen LogP contribution >= 0.6 is 11.8 Å². The molecule has 3 rings (SSSR count). The summed E-state index contributed by atoms with van der Waals surface area (Å²) in [6.07, 6.45) is 5.63. The quantitative estimate of drug-likeness (QED) is 0.895. The molecular weight excluding hydrogens is 260 g/mol. The number of carbonyl (C=O) groups excluding carboxylic acids is 1. The van der Waals surface area contributed by atoms with Crippen LogP contribution in [0.5, 0.6) is 0 Å². The number of thioether (sulfide) groups is 1. The SMILES string of the molecule is O=C(NC[C@H](c1ccoc1)N1CCSCC1)C1CC1. The number of hydrogen-bond donors (Lipinski definition) is 1. The second-order valence-corrected chi connectivity index (χ2v) is 6.46. The molecule has 1 saturated heterocycles. The Morgan fingerprint density at radius 1 is 1.47 bits per heavy atom. The van der Waals surface area contributed by atoms with Crippen molar-refractivity contribution < 1.29 is 9.21 Å². The highest BCUT2D eigenvalue weighted by atomic mass is 32.2. The van der Waals surface area contributed by atoms with E-state index in [1.165, 1.54) is 17.1 Å². The molecule has 0 aromatic carbocycles. The molecule has 0 unspecified atom stereocenters. The number of hydrogen-bond acceptors (Lipinski definition) is 4. The van der Waals surface area contributed by atoms with Crippen LogP contribution in [-0.4, -0.2) is 41.9 Å². The number of furan rings is 1. The van der Waals surface area contributed by atoms with Gasteiger partial charge < -0.3 is 9.73 Å². The molecule has 0 radical (unpaired) electrons. The highest BCUT2D eigenvalue weighted by molar-refractivity contribution is 7.99. The minimum atomic E-state index is 0.222. The molecule has 104 valence electrons. The van der Waals surface area contributed by atoms with Crippen LogP contribution in [0.3, 0.4) is 0 Å². The van der Waals surface area contributed by atoms with E-state index < -0.39 is 0 Å². The Balaban J connectivity index is 1.63. The Hall–Kier alpha value is -0.940. The summed E-state index contributed by atoms with van der Waals surface area (Å²) in [6.45, 7) is 2.86. The van der Waals surface area contributed by atoms with Crippen molar-refractivity contribution in [1.29, 1.82) is 0 Å². The molecule has 1 aliphatic heterocycles. The minimum absolute atomic E-state index is 0.222. The lowest BCUT2D eigenvalue weighted by Gasteiger charge is -2.34. The largest absolute Gasteiger partial charge is 0.472 e. The van der Waals surface area contributed by atoms with Gasteiger partial charge in [-0.2, -0.15) is 11.8 Å². The summed E-state index contributed by atoms with van der Waals surface area (Å²) in [5.41, 5.74) is 1.17. The molecule has 2 fully saturated rings.